The first-order chi connectivity index (χ1) is 11.2. The Kier molecular flexibility index (Phi) is 6.56. The molecule has 0 saturated carbocycles. The number of thioether (sulfide) groups is 1. The summed E-state index contributed by atoms with van der Waals surface area (Å²) in [7, 11) is 0. The Bertz CT molecular complexity index is 673. The van der Waals surface area contributed by atoms with E-state index in [4.69, 9.17) is 5.73 Å². The Morgan fingerprint density at radius 3 is 2.52 bits per heavy atom. The lowest BCUT2D eigenvalue weighted by Crippen LogP contribution is -2.26. The van der Waals surface area contributed by atoms with Crippen LogP contribution >= 0.6 is 11.8 Å². The highest BCUT2D eigenvalue weighted by molar-refractivity contribution is 7.99. The number of nitrogens with zero attached hydrogens (tertiary/aromatic N) is 2. The van der Waals surface area contributed by atoms with Crippen molar-refractivity contribution in [2.45, 2.75) is 29.3 Å². The molecule has 5 nitrogen and oxygen atoms in total. The van der Waals surface area contributed by atoms with E-state index in [2.05, 4.69) is 11.1 Å². The molecule has 0 spiro atoms. The van der Waals surface area contributed by atoms with Gasteiger partial charge in [0.25, 0.3) is 0 Å². The van der Waals surface area contributed by atoms with E-state index < -0.39 is 0 Å². The fourth-order valence-corrected chi connectivity index (χ4v) is 3.46. The number of nitrogens with two attached hydrogens (primary N) is 1. The Morgan fingerprint density at radius 1 is 1.17 bits per heavy atom. The summed E-state index contributed by atoms with van der Waals surface area (Å²) < 4.78 is 0. The van der Waals surface area contributed by atoms with E-state index in [-0.39, 0.29) is 24.5 Å². The van der Waals surface area contributed by atoms with Gasteiger partial charge in [-0.2, -0.15) is 5.26 Å². The van der Waals surface area contributed by atoms with E-state index in [0.29, 0.717) is 22.7 Å². The average molecular weight is 329 g/mol. The van der Waals surface area contributed by atoms with Gasteiger partial charge in [-0.25, -0.2) is 4.98 Å². The van der Waals surface area contributed by atoms with Crippen LogP contribution in [0.2, 0.25) is 0 Å². The zero-order valence-corrected chi connectivity index (χ0v) is 13.4. The van der Waals surface area contributed by atoms with Crippen molar-refractivity contribution in [1.82, 2.24) is 4.98 Å². The predicted molar refractivity (Wildman–Crippen MR) is 89.6 cm³/mol. The minimum atomic E-state index is -0.348. The summed E-state index contributed by atoms with van der Waals surface area (Å²) in [4.78, 5) is 4.35. The van der Waals surface area contributed by atoms with Crippen molar-refractivity contribution < 1.29 is 10.2 Å². The maximum absolute atomic E-state index is 9.26. The minimum absolute atomic E-state index is 0.0353. The van der Waals surface area contributed by atoms with Crippen molar-refractivity contribution >= 4 is 11.8 Å². The molecule has 0 bridgehead atoms. The first-order valence-electron chi connectivity index (χ1n) is 7.26. The van der Waals surface area contributed by atoms with Gasteiger partial charge in [-0.1, -0.05) is 42.1 Å². The Hall–Kier alpha value is -1.91. The number of aromatic nitrogens is 1. The van der Waals surface area contributed by atoms with Crippen LogP contribution in [-0.4, -0.2) is 27.8 Å². The molecular formula is C17H19N3O2S. The van der Waals surface area contributed by atoms with Crippen LogP contribution in [0.25, 0.3) is 0 Å². The molecule has 2 rings (SSSR count). The van der Waals surface area contributed by atoms with Gasteiger partial charge in [-0.15, -0.1) is 0 Å². The number of rotatable bonds is 7. The summed E-state index contributed by atoms with van der Waals surface area (Å²) >= 11 is 1.43. The molecule has 120 valence electrons. The number of benzene rings is 1. The summed E-state index contributed by atoms with van der Waals surface area (Å²) in [6.07, 6.45) is 0.557. The highest BCUT2D eigenvalue weighted by atomic mass is 32.2. The maximum Gasteiger partial charge on any atom is 0.115 e. The SMILES string of the molecule is N#Cc1ccc(CO)nc1S[C@H](C[C@H](N)CO)c1ccccc1. The number of hydrogen-bond acceptors (Lipinski definition) is 6. The van der Waals surface area contributed by atoms with Crippen molar-refractivity contribution in [3.05, 3.63) is 59.3 Å². The van der Waals surface area contributed by atoms with Crippen LogP contribution in [-0.2, 0) is 6.61 Å². The molecular weight excluding hydrogens is 310 g/mol. The third kappa shape index (κ3) is 4.78. The van der Waals surface area contributed by atoms with Crippen LogP contribution in [0.15, 0.2) is 47.5 Å². The van der Waals surface area contributed by atoms with Crippen LogP contribution in [0.1, 0.15) is 28.5 Å². The minimum Gasteiger partial charge on any atom is -0.395 e. The highest BCUT2D eigenvalue weighted by Gasteiger charge is 2.19. The Balaban J connectivity index is 2.32. The van der Waals surface area contributed by atoms with Crippen LogP contribution in [0, 0.1) is 11.3 Å². The molecule has 6 heteroatoms. The van der Waals surface area contributed by atoms with E-state index in [9.17, 15) is 15.5 Å². The van der Waals surface area contributed by atoms with Crippen molar-refractivity contribution in [1.29, 1.82) is 5.26 Å². The van der Waals surface area contributed by atoms with E-state index >= 15 is 0 Å². The van der Waals surface area contributed by atoms with E-state index in [1.54, 1.807) is 12.1 Å². The van der Waals surface area contributed by atoms with Crippen molar-refractivity contribution in [3.63, 3.8) is 0 Å². The molecule has 23 heavy (non-hydrogen) atoms. The van der Waals surface area contributed by atoms with E-state index in [1.807, 2.05) is 30.3 Å². The van der Waals surface area contributed by atoms with Crippen LogP contribution in [0.4, 0.5) is 0 Å². The topological polar surface area (TPSA) is 103 Å². The molecule has 0 aliphatic heterocycles. The fraction of sp³-hybridized carbons (Fsp3) is 0.294. The fourth-order valence-electron chi connectivity index (χ4n) is 2.15. The molecule has 1 aromatic carbocycles. The van der Waals surface area contributed by atoms with Gasteiger partial charge in [0, 0.05) is 11.3 Å². The first-order valence-corrected chi connectivity index (χ1v) is 8.14. The molecule has 0 aliphatic rings. The van der Waals surface area contributed by atoms with Gasteiger partial charge in [0.05, 0.1) is 24.5 Å². The van der Waals surface area contributed by atoms with Crippen LogP contribution in [0.3, 0.4) is 0 Å². The van der Waals surface area contributed by atoms with Crippen LogP contribution < -0.4 is 5.73 Å². The average Bonchev–Trinajstić information content (AvgIpc) is 2.61. The summed E-state index contributed by atoms with van der Waals surface area (Å²) in [6, 6.07) is 14.9. The van der Waals surface area contributed by atoms with Gasteiger partial charge in [-0.05, 0) is 24.1 Å². The molecule has 0 fully saturated rings. The molecule has 0 aliphatic carbocycles. The van der Waals surface area contributed by atoms with Crippen molar-refractivity contribution in [3.8, 4) is 6.07 Å². The van der Waals surface area contributed by atoms with Gasteiger partial charge in [-0.3, -0.25) is 0 Å². The number of nitriles is 1. The summed E-state index contributed by atoms with van der Waals surface area (Å²) in [5, 5.41) is 28.3. The largest absolute Gasteiger partial charge is 0.395 e. The Labute approximate surface area is 139 Å². The monoisotopic (exact) mass is 329 g/mol. The van der Waals surface area contributed by atoms with E-state index in [0.717, 1.165) is 5.56 Å². The molecule has 0 radical (unpaired) electrons. The van der Waals surface area contributed by atoms with Crippen molar-refractivity contribution in [2.24, 2.45) is 5.73 Å². The van der Waals surface area contributed by atoms with Crippen LogP contribution in [0.5, 0.6) is 0 Å². The second-order valence-electron chi connectivity index (χ2n) is 5.12. The van der Waals surface area contributed by atoms with Gasteiger partial charge >= 0.3 is 0 Å². The maximum atomic E-state index is 9.26. The summed E-state index contributed by atoms with van der Waals surface area (Å²) in [5.74, 6) is 0. The number of aliphatic hydroxyl groups excluding tert-OH is 2. The lowest BCUT2D eigenvalue weighted by molar-refractivity contribution is 0.259. The standard InChI is InChI=1S/C17H19N3O2S/c18-9-13-6-7-15(11-22)20-17(13)23-16(8-14(19)10-21)12-4-2-1-3-5-12/h1-7,14,16,21-22H,8,10-11,19H2/t14-,16+/m0/s1. The van der Waals surface area contributed by atoms with Gasteiger partial charge in [0.2, 0.25) is 0 Å². The molecule has 0 unspecified atom stereocenters. The normalized spacial score (nSPS) is 13.3. The molecule has 2 aromatic rings. The third-order valence-electron chi connectivity index (χ3n) is 3.38. The van der Waals surface area contributed by atoms with Crippen molar-refractivity contribution in [2.75, 3.05) is 6.61 Å². The van der Waals surface area contributed by atoms with Gasteiger partial charge in [0.15, 0.2) is 0 Å². The predicted octanol–water partition coefficient (Wildman–Crippen LogP) is 1.99. The second kappa shape index (κ2) is 8.65. The number of aliphatic hydroxyl groups is 2. The first kappa shape index (κ1) is 17.4. The Morgan fingerprint density at radius 2 is 1.91 bits per heavy atom. The third-order valence-corrected chi connectivity index (χ3v) is 4.66. The number of hydrogen-bond donors (Lipinski definition) is 3. The molecule has 1 heterocycles. The molecule has 4 N–H and O–H groups in total. The molecule has 0 saturated heterocycles. The number of pyridine rings is 1. The van der Waals surface area contributed by atoms with Gasteiger partial charge in [0.1, 0.15) is 11.1 Å². The smallest absolute Gasteiger partial charge is 0.115 e. The second-order valence-corrected chi connectivity index (χ2v) is 6.31. The zero-order valence-electron chi connectivity index (χ0n) is 12.6. The zero-order chi connectivity index (χ0) is 16.7. The van der Waals surface area contributed by atoms with E-state index in [1.165, 1.54) is 11.8 Å². The highest BCUT2D eigenvalue weighted by Crippen LogP contribution is 2.38. The molecule has 2 atom stereocenters. The lowest BCUT2D eigenvalue weighted by atomic mass is 10.1. The quantitative estimate of drug-likeness (QED) is 0.671. The summed E-state index contributed by atoms with van der Waals surface area (Å²) in [6.45, 7) is -0.273. The van der Waals surface area contributed by atoms with Gasteiger partial charge < -0.3 is 15.9 Å². The summed E-state index contributed by atoms with van der Waals surface area (Å²) in [5.41, 5.74) is 7.94. The molecule has 0 amide bonds. The molecule has 1 aromatic heterocycles. The lowest BCUT2D eigenvalue weighted by Gasteiger charge is -2.20.